The molecule has 120 valence electrons. The van der Waals surface area contributed by atoms with Crippen LogP contribution in [0.25, 0.3) is 5.65 Å². The van der Waals surface area contributed by atoms with Gasteiger partial charge in [0.1, 0.15) is 5.65 Å². The Bertz CT molecular complexity index is 634. The Morgan fingerprint density at radius 2 is 2.36 bits per heavy atom. The minimum atomic E-state index is -0.371. The highest BCUT2D eigenvalue weighted by molar-refractivity contribution is 14.2. The van der Waals surface area contributed by atoms with Crippen LogP contribution in [-0.2, 0) is 20.6 Å². The number of imidazole rings is 1. The molecule has 0 aliphatic carbocycles. The molecular formula is C14H18IN2O4P. The summed E-state index contributed by atoms with van der Waals surface area (Å²) >= 11 is 2.19. The first-order chi connectivity index (χ1) is 10.7. The lowest BCUT2D eigenvalue weighted by Crippen LogP contribution is -2.12. The molecule has 0 spiro atoms. The van der Waals surface area contributed by atoms with E-state index in [1.165, 1.54) is 6.20 Å². The highest BCUT2D eigenvalue weighted by Gasteiger charge is 2.13. The van der Waals surface area contributed by atoms with E-state index in [9.17, 15) is 4.79 Å². The Balaban J connectivity index is 2.01. The fraction of sp³-hybridized carbons (Fsp3) is 0.429. The topological polar surface area (TPSA) is 62.1 Å². The van der Waals surface area contributed by atoms with Gasteiger partial charge in [-0.2, -0.15) is 0 Å². The van der Waals surface area contributed by atoms with Crippen LogP contribution in [-0.4, -0.2) is 34.7 Å². The van der Waals surface area contributed by atoms with E-state index in [1.807, 2.05) is 19.1 Å². The van der Waals surface area contributed by atoms with Gasteiger partial charge >= 0.3 is 5.97 Å². The van der Waals surface area contributed by atoms with Gasteiger partial charge in [-0.15, -0.1) is 0 Å². The Hall–Kier alpha value is -0.760. The third-order valence-corrected chi connectivity index (χ3v) is 4.18. The molecule has 0 bridgehead atoms. The van der Waals surface area contributed by atoms with Crippen LogP contribution in [0.4, 0.5) is 0 Å². The molecular weight excluding hydrogens is 418 g/mol. The molecule has 0 aliphatic rings. The van der Waals surface area contributed by atoms with Gasteiger partial charge in [-0.1, -0.05) is 0 Å². The molecule has 2 aromatic heterocycles. The van der Waals surface area contributed by atoms with Crippen molar-refractivity contribution in [2.75, 3.05) is 13.2 Å². The van der Waals surface area contributed by atoms with Crippen LogP contribution in [0.1, 0.15) is 29.9 Å². The van der Waals surface area contributed by atoms with Crippen molar-refractivity contribution in [1.82, 2.24) is 9.38 Å². The van der Waals surface area contributed by atoms with E-state index >= 15 is 0 Å². The summed E-state index contributed by atoms with van der Waals surface area (Å²) in [5, 5.41) is 0. The van der Waals surface area contributed by atoms with Crippen LogP contribution in [0.3, 0.4) is 0 Å². The normalized spacial score (nSPS) is 13.0. The summed E-state index contributed by atoms with van der Waals surface area (Å²) in [4.78, 5) is 16.0. The third-order valence-electron chi connectivity index (χ3n) is 2.93. The van der Waals surface area contributed by atoms with Crippen molar-refractivity contribution >= 4 is 40.1 Å². The smallest absolute Gasteiger partial charge is 0.356 e. The highest BCUT2D eigenvalue weighted by Crippen LogP contribution is 2.24. The van der Waals surface area contributed by atoms with Crippen molar-refractivity contribution in [2.24, 2.45) is 0 Å². The van der Waals surface area contributed by atoms with Crippen molar-refractivity contribution < 1.29 is 18.8 Å². The molecule has 0 amide bonds. The highest BCUT2D eigenvalue weighted by atomic mass is 127. The maximum absolute atomic E-state index is 11.8. The fourth-order valence-corrected chi connectivity index (χ4v) is 3.44. The van der Waals surface area contributed by atoms with Gasteiger partial charge in [-0.05, 0) is 53.6 Å². The van der Waals surface area contributed by atoms with Gasteiger partial charge in [-0.25, -0.2) is 9.78 Å². The fourth-order valence-electron chi connectivity index (χ4n) is 1.92. The molecule has 2 aromatic rings. The first-order valence-corrected chi connectivity index (χ1v) is 10.9. The zero-order valence-corrected chi connectivity index (χ0v) is 15.6. The molecule has 0 fully saturated rings. The van der Waals surface area contributed by atoms with Crippen molar-refractivity contribution in [3.8, 4) is 0 Å². The predicted octanol–water partition coefficient (Wildman–Crippen LogP) is 3.38. The number of carbonyl (C=O) groups excluding carboxylic acids is 1. The van der Waals surface area contributed by atoms with E-state index < -0.39 is 0 Å². The number of ether oxygens (including phenoxy) is 2. The van der Waals surface area contributed by atoms with Crippen LogP contribution < -0.4 is 0 Å². The van der Waals surface area contributed by atoms with Gasteiger partial charge in [0.05, 0.1) is 38.6 Å². The zero-order valence-electron chi connectivity index (χ0n) is 12.4. The van der Waals surface area contributed by atoms with E-state index in [4.69, 9.17) is 14.0 Å². The number of carbonyl (C=O) groups is 1. The summed E-state index contributed by atoms with van der Waals surface area (Å²) in [6, 6.07) is 3.80. The number of fused-ring (bicyclic) bond motifs is 1. The second kappa shape index (κ2) is 8.76. The second-order valence-corrected chi connectivity index (χ2v) is 6.36. The first-order valence-electron chi connectivity index (χ1n) is 6.87. The Kier molecular flexibility index (Phi) is 7.01. The molecule has 0 radical (unpaired) electrons. The molecule has 0 saturated heterocycles. The maximum atomic E-state index is 11.8. The number of hydrogen-bond donors (Lipinski definition) is 0. The van der Waals surface area contributed by atoms with Gasteiger partial charge in [0.2, 0.25) is 0 Å². The lowest BCUT2D eigenvalue weighted by atomic mass is 10.3. The SMILES string of the molecule is CCOC(=O)c1cnc2cc(COCC(C)OPI)ccn12. The Labute approximate surface area is 143 Å². The van der Waals surface area contributed by atoms with E-state index in [2.05, 4.69) is 27.0 Å². The van der Waals surface area contributed by atoms with Gasteiger partial charge < -0.3 is 14.0 Å². The van der Waals surface area contributed by atoms with Crippen molar-refractivity contribution in [2.45, 2.75) is 26.6 Å². The van der Waals surface area contributed by atoms with E-state index in [-0.39, 0.29) is 12.1 Å². The summed E-state index contributed by atoms with van der Waals surface area (Å²) in [5.41, 5.74) is 2.12. The largest absolute Gasteiger partial charge is 0.461 e. The van der Waals surface area contributed by atoms with Crippen molar-refractivity contribution in [3.63, 3.8) is 0 Å². The molecule has 2 unspecified atom stereocenters. The first kappa shape index (κ1) is 17.6. The zero-order chi connectivity index (χ0) is 15.9. The number of pyridine rings is 1. The summed E-state index contributed by atoms with van der Waals surface area (Å²) in [6.45, 7) is 5.57. The standard InChI is InChI=1S/C14H18IN2O4P/c1-3-20-14(18)12-7-16-13-6-11(4-5-17(12)13)9-19-8-10(2)21-22-15/h4-7,10,22H,3,8-9H2,1-2H3. The van der Waals surface area contributed by atoms with E-state index in [0.717, 1.165) is 5.56 Å². The molecule has 2 heterocycles. The van der Waals surface area contributed by atoms with Gasteiger partial charge in [-0.3, -0.25) is 4.40 Å². The lowest BCUT2D eigenvalue weighted by Gasteiger charge is -2.11. The molecule has 8 heteroatoms. The minimum absolute atomic E-state index is 0.0841. The number of esters is 1. The Morgan fingerprint density at radius 1 is 1.55 bits per heavy atom. The number of aromatic nitrogens is 2. The molecule has 0 aromatic carbocycles. The van der Waals surface area contributed by atoms with Crippen LogP contribution in [0.15, 0.2) is 24.5 Å². The van der Waals surface area contributed by atoms with Crippen LogP contribution in [0, 0.1) is 0 Å². The lowest BCUT2D eigenvalue weighted by molar-refractivity contribution is 0.0518. The monoisotopic (exact) mass is 436 g/mol. The number of nitrogens with zero attached hydrogens (tertiary/aromatic N) is 2. The van der Waals surface area contributed by atoms with Gasteiger partial charge in [0, 0.05) is 6.20 Å². The van der Waals surface area contributed by atoms with Crippen LogP contribution in [0.2, 0.25) is 0 Å². The molecule has 0 N–H and O–H groups in total. The predicted molar refractivity (Wildman–Crippen MR) is 93.7 cm³/mol. The van der Waals surface area contributed by atoms with Crippen molar-refractivity contribution in [3.05, 3.63) is 35.8 Å². The Morgan fingerprint density at radius 3 is 3.09 bits per heavy atom. The summed E-state index contributed by atoms with van der Waals surface area (Å²) in [6.07, 6.45) is 3.41. The average Bonchev–Trinajstić information content (AvgIpc) is 2.91. The average molecular weight is 436 g/mol. The molecule has 22 heavy (non-hydrogen) atoms. The molecule has 2 rings (SSSR count). The van der Waals surface area contributed by atoms with Gasteiger partial charge in [0.25, 0.3) is 0 Å². The molecule has 0 saturated carbocycles. The third kappa shape index (κ3) is 4.62. The van der Waals surface area contributed by atoms with Gasteiger partial charge in [0.15, 0.2) is 5.69 Å². The quantitative estimate of drug-likeness (QED) is 0.361. The molecule has 2 atom stereocenters. The molecule has 0 aliphatic heterocycles. The summed E-state index contributed by atoms with van der Waals surface area (Å²) in [5.74, 6) is -0.371. The van der Waals surface area contributed by atoms with Crippen LogP contribution >= 0.6 is 28.5 Å². The summed E-state index contributed by atoms with van der Waals surface area (Å²) < 4.78 is 17.8. The van der Waals surface area contributed by atoms with E-state index in [0.29, 0.717) is 37.6 Å². The van der Waals surface area contributed by atoms with E-state index in [1.54, 1.807) is 17.5 Å². The maximum Gasteiger partial charge on any atom is 0.356 e. The number of halogens is 1. The van der Waals surface area contributed by atoms with Crippen molar-refractivity contribution in [1.29, 1.82) is 0 Å². The number of hydrogen-bond acceptors (Lipinski definition) is 5. The minimum Gasteiger partial charge on any atom is -0.461 e. The van der Waals surface area contributed by atoms with Crippen LogP contribution in [0.5, 0.6) is 0 Å². The summed E-state index contributed by atoms with van der Waals surface area (Å²) in [7, 11) is 0. The second-order valence-electron chi connectivity index (χ2n) is 4.65. The number of rotatable bonds is 8. The molecule has 6 nitrogen and oxygen atoms in total.